The van der Waals surface area contributed by atoms with E-state index in [0.717, 1.165) is 24.5 Å². The van der Waals surface area contributed by atoms with Crippen LogP contribution in [0.4, 0.5) is 5.82 Å². The smallest absolute Gasteiger partial charge is 0.339 e. The molecule has 0 aliphatic carbocycles. The Labute approximate surface area is 108 Å². The maximum absolute atomic E-state index is 11.5. The average molecular weight is 248 g/mol. The van der Waals surface area contributed by atoms with Crippen LogP contribution in [-0.2, 0) is 4.74 Å². The van der Waals surface area contributed by atoms with Crippen LogP contribution >= 0.6 is 0 Å². The molecule has 0 aromatic carbocycles. The minimum atomic E-state index is -0.334. The topological polar surface area (TPSA) is 42.4 Å². The quantitative estimate of drug-likeness (QED) is 0.573. The van der Waals surface area contributed by atoms with Gasteiger partial charge in [0.05, 0.1) is 12.2 Å². The number of anilines is 1. The van der Waals surface area contributed by atoms with Crippen LogP contribution < -0.4 is 4.90 Å². The van der Waals surface area contributed by atoms with Crippen molar-refractivity contribution >= 4 is 11.8 Å². The van der Waals surface area contributed by atoms with Crippen LogP contribution in [0, 0.1) is 0 Å². The van der Waals surface area contributed by atoms with Crippen molar-refractivity contribution in [2.45, 2.75) is 20.8 Å². The Morgan fingerprint density at radius 2 is 2.17 bits per heavy atom. The average Bonchev–Trinajstić information content (AvgIpc) is 2.36. The van der Waals surface area contributed by atoms with E-state index in [0.29, 0.717) is 12.2 Å². The van der Waals surface area contributed by atoms with Gasteiger partial charge in [-0.25, -0.2) is 9.78 Å². The van der Waals surface area contributed by atoms with E-state index in [-0.39, 0.29) is 5.97 Å². The standard InChI is InChI=1S/C14H20N2O2/c1-5-16(10-11(3)4)13-8-7-12(9-15-13)14(17)18-6-2/h7-9H,3,5-6,10H2,1-2,4H3. The normalized spacial score (nSPS) is 9.94. The number of hydrogen-bond acceptors (Lipinski definition) is 4. The summed E-state index contributed by atoms with van der Waals surface area (Å²) < 4.78 is 4.91. The Kier molecular flexibility index (Phi) is 5.36. The summed E-state index contributed by atoms with van der Waals surface area (Å²) in [4.78, 5) is 17.9. The predicted octanol–water partition coefficient (Wildman–Crippen LogP) is 2.66. The molecule has 0 amide bonds. The molecule has 0 bridgehead atoms. The van der Waals surface area contributed by atoms with E-state index in [1.807, 2.05) is 13.0 Å². The lowest BCUT2D eigenvalue weighted by Gasteiger charge is -2.21. The SMILES string of the molecule is C=C(C)CN(CC)c1ccc(C(=O)OCC)cn1. The van der Waals surface area contributed by atoms with E-state index in [1.54, 1.807) is 19.2 Å². The molecule has 0 saturated heterocycles. The molecule has 0 N–H and O–H groups in total. The van der Waals surface area contributed by atoms with Gasteiger partial charge in [-0.3, -0.25) is 0 Å². The fourth-order valence-electron chi connectivity index (χ4n) is 1.59. The van der Waals surface area contributed by atoms with Crippen molar-refractivity contribution in [2.24, 2.45) is 0 Å². The summed E-state index contributed by atoms with van der Waals surface area (Å²) in [5, 5.41) is 0. The van der Waals surface area contributed by atoms with Crippen LogP contribution in [0.2, 0.25) is 0 Å². The van der Waals surface area contributed by atoms with Crippen LogP contribution in [0.3, 0.4) is 0 Å². The zero-order valence-corrected chi connectivity index (χ0v) is 11.3. The molecule has 18 heavy (non-hydrogen) atoms. The second-order valence-electron chi connectivity index (χ2n) is 4.10. The van der Waals surface area contributed by atoms with Crippen LogP contribution in [0.25, 0.3) is 0 Å². The van der Waals surface area contributed by atoms with E-state index in [9.17, 15) is 4.79 Å². The van der Waals surface area contributed by atoms with Gasteiger partial charge in [-0.2, -0.15) is 0 Å². The fraction of sp³-hybridized carbons (Fsp3) is 0.429. The predicted molar refractivity (Wildman–Crippen MR) is 72.9 cm³/mol. The number of rotatable bonds is 6. The lowest BCUT2D eigenvalue weighted by atomic mass is 10.2. The van der Waals surface area contributed by atoms with E-state index in [4.69, 9.17) is 4.74 Å². The Bertz CT molecular complexity index is 412. The van der Waals surface area contributed by atoms with E-state index in [1.165, 1.54) is 0 Å². The van der Waals surface area contributed by atoms with Crippen molar-refractivity contribution in [3.05, 3.63) is 36.0 Å². The van der Waals surface area contributed by atoms with Crippen LogP contribution in [0.15, 0.2) is 30.5 Å². The molecule has 1 aromatic heterocycles. The van der Waals surface area contributed by atoms with E-state index < -0.39 is 0 Å². The Balaban J connectivity index is 2.80. The third kappa shape index (κ3) is 3.87. The minimum Gasteiger partial charge on any atom is -0.462 e. The molecule has 1 heterocycles. The van der Waals surface area contributed by atoms with Crippen molar-refractivity contribution < 1.29 is 9.53 Å². The van der Waals surface area contributed by atoms with Crippen LogP contribution in [0.5, 0.6) is 0 Å². The second-order valence-corrected chi connectivity index (χ2v) is 4.10. The monoisotopic (exact) mass is 248 g/mol. The Morgan fingerprint density at radius 1 is 1.44 bits per heavy atom. The number of aromatic nitrogens is 1. The zero-order chi connectivity index (χ0) is 13.5. The second kappa shape index (κ2) is 6.79. The number of esters is 1. The molecule has 1 aromatic rings. The molecule has 0 aliphatic heterocycles. The van der Waals surface area contributed by atoms with E-state index in [2.05, 4.69) is 23.4 Å². The third-order valence-electron chi connectivity index (χ3n) is 2.43. The van der Waals surface area contributed by atoms with E-state index >= 15 is 0 Å². The fourth-order valence-corrected chi connectivity index (χ4v) is 1.59. The molecule has 0 atom stereocenters. The molecular weight excluding hydrogens is 228 g/mol. The number of carbonyl (C=O) groups excluding carboxylic acids is 1. The number of likely N-dealkylation sites (N-methyl/N-ethyl adjacent to an activating group) is 1. The number of ether oxygens (including phenoxy) is 1. The first-order valence-corrected chi connectivity index (χ1v) is 6.11. The van der Waals surface area contributed by atoms with Crippen molar-refractivity contribution in [1.82, 2.24) is 4.98 Å². The highest BCUT2D eigenvalue weighted by Gasteiger charge is 2.09. The first-order valence-electron chi connectivity index (χ1n) is 6.11. The molecule has 0 radical (unpaired) electrons. The number of nitrogens with zero attached hydrogens (tertiary/aromatic N) is 2. The van der Waals surface area contributed by atoms with Crippen LogP contribution in [-0.4, -0.2) is 30.6 Å². The summed E-state index contributed by atoms with van der Waals surface area (Å²) >= 11 is 0. The summed E-state index contributed by atoms with van der Waals surface area (Å²) in [6, 6.07) is 3.57. The van der Waals surface area contributed by atoms with Gasteiger partial charge >= 0.3 is 5.97 Å². The first kappa shape index (κ1) is 14.2. The molecule has 98 valence electrons. The highest BCUT2D eigenvalue weighted by Crippen LogP contribution is 2.13. The van der Waals surface area contributed by atoms with Gasteiger partial charge in [0.2, 0.25) is 0 Å². The molecule has 4 heteroatoms. The minimum absolute atomic E-state index is 0.334. The molecule has 0 unspecified atom stereocenters. The van der Waals surface area contributed by atoms with Gasteiger partial charge in [-0.05, 0) is 32.9 Å². The molecule has 0 aliphatic rings. The van der Waals surface area contributed by atoms with Gasteiger partial charge < -0.3 is 9.64 Å². The van der Waals surface area contributed by atoms with Crippen LogP contribution in [0.1, 0.15) is 31.1 Å². The van der Waals surface area contributed by atoms with Crippen molar-refractivity contribution in [3.63, 3.8) is 0 Å². The molecule has 1 rings (SSSR count). The lowest BCUT2D eigenvalue weighted by Crippen LogP contribution is -2.25. The van der Waals surface area contributed by atoms with Gasteiger partial charge in [-0.1, -0.05) is 12.2 Å². The molecule has 0 saturated carbocycles. The number of carbonyl (C=O) groups is 1. The summed E-state index contributed by atoms with van der Waals surface area (Å²) in [5.74, 6) is 0.507. The number of pyridine rings is 1. The maximum atomic E-state index is 11.5. The highest BCUT2D eigenvalue weighted by molar-refractivity contribution is 5.89. The first-order chi connectivity index (χ1) is 8.58. The van der Waals surface area contributed by atoms with Crippen molar-refractivity contribution in [2.75, 3.05) is 24.6 Å². The Hall–Kier alpha value is -1.84. The molecule has 0 fully saturated rings. The van der Waals surface area contributed by atoms with Gasteiger partial charge in [0.15, 0.2) is 0 Å². The lowest BCUT2D eigenvalue weighted by molar-refractivity contribution is 0.0526. The van der Waals surface area contributed by atoms with Gasteiger partial charge in [0, 0.05) is 19.3 Å². The molecular formula is C14H20N2O2. The van der Waals surface area contributed by atoms with Gasteiger partial charge in [-0.15, -0.1) is 0 Å². The van der Waals surface area contributed by atoms with Gasteiger partial charge in [0.25, 0.3) is 0 Å². The maximum Gasteiger partial charge on any atom is 0.339 e. The summed E-state index contributed by atoms with van der Waals surface area (Å²) in [7, 11) is 0. The Morgan fingerprint density at radius 3 is 2.61 bits per heavy atom. The summed E-state index contributed by atoms with van der Waals surface area (Å²) in [5.41, 5.74) is 1.56. The molecule has 4 nitrogen and oxygen atoms in total. The summed E-state index contributed by atoms with van der Waals surface area (Å²) in [6.45, 7) is 11.7. The zero-order valence-electron chi connectivity index (χ0n) is 11.3. The van der Waals surface area contributed by atoms with Crippen molar-refractivity contribution in [1.29, 1.82) is 0 Å². The largest absolute Gasteiger partial charge is 0.462 e. The molecule has 0 spiro atoms. The highest BCUT2D eigenvalue weighted by atomic mass is 16.5. The summed E-state index contributed by atoms with van der Waals surface area (Å²) in [6.07, 6.45) is 1.55. The number of hydrogen-bond donors (Lipinski definition) is 0. The van der Waals surface area contributed by atoms with Gasteiger partial charge in [0.1, 0.15) is 5.82 Å². The third-order valence-corrected chi connectivity index (χ3v) is 2.43. The van der Waals surface area contributed by atoms with Crippen molar-refractivity contribution in [3.8, 4) is 0 Å².